The maximum atomic E-state index is 6.48. The molecule has 0 radical (unpaired) electrons. The highest BCUT2D eigenvalue weighted by atomic mass is 35.5. The molecule has 0 atom stereocenters. The van der Waals surface area contributed by atoms with Crippen LogP contribution in [0, 0.1) is 0 Å². The molecule has 0 spiro atoms. The fourth-order valence-corrected chi connectivity index (χ4v) is 2.90. The lowest BCUT2D eigenvalue weighted by Crippen LogP contribution is -2.21. The second-order valence-corrected chi connectivity index (χ2v) is 6.85. The normalized spacial score (nSPS) is 10.2. The van der Waals surface area contributed by atoms with E-state index >= 15 is 0 Å². The molecule has 2 rings (SSSR count). The molecule has 0 aliphatic carbocycles. The predicted molar refractivity (Wildman–Crippen MR) is 123 cm³/mol. The van der Waals surface area contributed by atoms with Crippen LogP contribution in [-0.4, -0.2) is 38.7 Å². The fraction of sp³-hybridized carbons (Fsp3) is 0.429. The summed E-state index contributed by atoms with van der Waals surface area (Å²) >= 11 is 6.48. The van der Waals surface area contributed by atoms with E-state index in [9.17, 15) is 0 Å². The number of benzene rings is 2. The fourth-order valence-electron chi connectivity index (χ4n) is 2.61. The molecule has 0 aromatic heterocycles. The van der Waals surface area contributed by atoms with Gasteiger partial charge in [0.15, 0.2) is 11.5 Å². The number of hydrogen-bond acceptors (Lipinski definition) is 4. The van der Waals surface area contributed by atoms with Crippen molar-refractivity contribution in [2.45, 2.75) is 26.5 Å². The number of hydrogen-bond donors (Lipinski definition) is 1. The highest BCUT2D eigenvalue weighted by Gasteiger charge is 2.13. The summed E-state index contributed by atoms with van der Waals surface area (Å²) in [6.45, 7) is 5.78. The lowest BCUT2D eigenvalue weighted by atomic mass is 10.2. The zero-order chi connectivity index (χ0) is 18.8. The summed E-state index contributed by atoms with van der Waals surface area (Å²) < 4.78 is 11.7. The first-order valence-electron chi connectivity index (χ1n) is 9.07. The highest BCUT2D eigenvalue weighted by Crippen LogP contribution is 2.37. The maximum Gasteiger partial charge on any atom is 0.180 e. The van der Waals surface area contributed by atoms with Crippen molar-refractivity contribution in [3.8, 4) is 11.5 Å². The molecule has 0 bridgehead atoms. The van der Waals surface area contributed by atoms with Gasteiger partial charge in [0, 0.05) is 6.54 Å². The Balaban J connectivity index is 0.00000364. The largest absolute Gasteiger partial charge is 0.490 e. The number of halogens is 3. The van der Waals surface area contributed by atoms with E-state index in [-0.39, 0.29) is 24.8 Å². The van der Waals surface area contributed by atoms with Gasteiger partial charge in [-0.15, -0.1) is 24.8 Å². The molecule has 1 N–H and O–H groups in total. The molecule has 0 heterocycles. The molecule has 0 saturated carbocycles. The second kappa shape index (κ2) is 14.8. The van der Waals surface area contributed by atoms with Gasteiger partial charge in [0.1, 0.15) is 6.61 Å². The molecule has 2 aromatic carbocycles. The average Bonchev–Trinajstić information content (AvgIpc) is 2.61. The number of ether oxygens (including phenoxy) is 2. The molecule has 2 aromatic rings. The van der Waals surface area contributed by atoms with Crippen LogP contribution in [0.5, 0.6) is 11.5 Å². The van der Waals surface area contributed by atoms with E-state index in [0.717, 1.165) is 37.2 Å². The third-order valence-electron chi connectivity index (χ3n) is 3.88. The van der Waals surface area contributed by atoms with Gasteiger partial charge in [-0.1, -0.05) is 41.9 Å². The van der Waals surface area contributed by atoms with E-state index in [0.29, 0.717) is 29.7 Å². The van der Waals surface area contributed by atoms with Crippen LogP contribution >= 0.6 is 36.4 Å². The zero-order valence-corrected chi connectivity index (χ0v) is 19.1. The van der Waals surface area contributed by atoms with E-state index in [1.165, 1.54) is 0 Å². The maximum absolute atomic E-state index is 6.48. The summed E-state index contributed by atoms with van der Waals surface area (Å²) in [7, 11) is 4.17. The van der Waals surface area contributed by atoms with E-state index in [1.54, 1.807) is 0 Å². The lowest BCUT2D eigenvalue weighted by molar-refractivity contribution is 0.269. The van der Waals surface area contributed by atoms with Gasteiger partial charge in [-0.25, -0.2) is 0 Å². The first-order chi connectivity index (χ1) is 12.6. The molecule has 0 aliphatic rings. The van der Waals surface area contributed by atoms with E-state index < -0.39 is 0 Å². The molecular weight excluding hydrogens is 419 g/mol. The van der Waals surface area contributed by atoms with Crippen LogP contribution in [0.25, 0.3) is 0 Å². The minimum Gasteiger partial charge on any atom is -0.490 e. The third-order valence-corrected chi connectivity index (χ3v) is 4.16. The number of nitrogens with one attached hydrogen (secondary N) is 1. The minimum atomic E-state index is 0. The van der Waals surface area contributed by atoms with Crippen molar-refractivity contribution in [3.63, 3.8) is 0 Å². The van der Waals surface area contributed by atoms with Crippen LogP contribution in [0.2, 0.25) is 5.02 Å². The quantitative estimate of drug-likeness (QED) is 0.478. The summed E-state index contributed by atoms with van der Waals surface area (Å²) in [4.78, 5) is 2.19. The van der Waals surface area contributed by atoms with Crippen molar-refractivity contribution in [1.29, 1.82) is 0 Å². The summed E-state index contributed by atoms with van der Waals surface area (Å²) in [5.74, 6) is 1.30. The molecule has 28 heavy (non-hydrogen) atoms. The second-order valence-electron chi connectivity index (χ2n) is 6.45. The summed E-state index contributed by atoms with van der Waals surface area (Å²) in [5, 5.41) is 4.03. The van der Waals surface area contributed by atoms with Crippen molar-refractivity contribution < 1.29 is 9.47 Å². The highest BCUT2D eigenvalue weighted by molar-refractivity contribution is 6.32. The van der Waals surface area contributed by atoms with Gasteiger partial charge in [0.25, 0.3) is 0 Å². The Morgan fingerprint density at radius 3 is 2.36 bits per heavy atom. The van der Waals surface area contributed by atoms with Gasteiger partial charge in [-0.05, 0) is 63.8 Å². The lowest BCUT2D eigenvalue weighted by Gasteiger charge is -2.16. The summed E-state index contributed by atoms with van der Waals surface area (Å²) in [6, 6.07) is 14.0. The number of rotatable bonds is 11. The van der Waals surface area contributed by atoms with Gasteiger partial charge >= 0.3 is 0 Å². The Labute approximate surface area is 186 Å². The summed E-state index contributed by atoms with van der Waals surface area (Å²) in [6.07, 6.45) is 1.11. The Morgan fingerprint density at radius 2 is 1.71 bits per heavy atom. The van der Waals surface area contributed by atoms with Crippen LogP contribution in [0.4, 0.5) is 0 Å². The third kappa shape index (κ3) is 9.35. The molecule has 0 aliphatic heterocycles. The van der Waals surface area contributed by atoms with Crippen LogP contribution < -0.4 is 14.8 Å². The van der Waals surface area contributed by atoms with Gasteiger partial charge in [-0.3, -0.25) is 0 Å². The van der Waals surface area contributed by atoms with E-state index in [4.69, 9.17) is 21.1 Å². The molecule has 0 unspecified atom stereocenters. The Morgan fingerprint density at radius 1 is 1.00 bits per heavy atom. The predicted octanol–water partition coefficient (Wildman–Crippen LogP) is 5.20. The topological polar surface area (TPSA) is 33.7 Å². The van der Waals surface area contributed by atoms with Crippen LogP contribution in [0.3, 0.4) is 0 Å². The minimum absolute atomic E-state index is 0. The molecule has 158 valence electrons. The van der Waals surface area contributed by atoms with Crippen molar-refractivity contribution in [3.05, 3.63) is 58.6 Å². The molecular formula is C21H31Cl3N2O2. The smallest absolute Gasteiger partial charge is 0.180 e. The molecule has 4 nitrogen and oxygen atoms in total. The Bertz CT molecular complexity index is 670. The monoisotopic (exact) mass is 448 g/mol. The molecule has 0 amide bonds. The first kappa shape index (κ1) is 26.8. The Kier molecular flexibility index (Phi) is 14.2. The van der Waals surface area contributed by atoms with E-state index in [1.807, 2.05) is 49.4 Å². The van der Waals surface area contributed by atoms with E-state index in [2.05, 4.69) is 24.3 Å². The van der Waals surface area contributed by atoms with Gasteiger partial charge in [0.2, 0.25) is 0 Å². The zero-order valence-electron chi connectivity index (χ0n) is 16.7. The van der Waals surface area contributed by atoms with Gasteiger partial charge in [0.05, 0.1) is 11.6 Å². The average molecular weight is 450 g/mol. The van der Waals surface area contributed by atoms with Crippen LogP contribution in [0.15, 0.2) is 42.5 Å². The summed E-state index contributed by atoms with van der Waals surface area (Å²) in [5.41, 5.74) is 2.19. The Hall–Kier alpha value is -1.17. The van der Waals surface area contributed by atoms with Crippen molar-refractivity contribution in [1.82, 2.24) is 10.2 Å². The van der Waals surface area contributed by atoms with Crippen molar-refractivity contribution in [2.75, 3.05) is 33.8 Å². The molecule has 0 saturated heterocycles. The molecule has 7 heteroatoms. The van der Waals surface area contributed by atoms with Crippen molar-refractivity contribution >= 4 is 36.4 Å². The SMILES string of the molecule is CCOc1cc(CNCCCN(C)C)cc(Cl)c1OCc1ccccc1.Cl.Cl. The van der Waals surface area contributed by atoms with Gasteiger partial charge < -0.3 is 19.7 Å². The number of nitrogens with zero attached hydrogens (tertiary/aromatic N) is 1. The van der Waals surface area contributed by atoms with Crippen molar-refractivity contribution in [2.24, 2.45) is 0 Å². The van der Waals surface area contributed by atoms with Crippen LogP contribution in [0.1, 0.15) is 24.5 Å². The first-order valence-corrected chi connectivity index (χ1v) is 9.45. The molecule has 0 fully saturated rings. The van der Waals surface area contributed by atoms with Gasteiger partial charge in [-0.2, -0.15) is 0 Å². The van der Waals surface area contributed by atoms with Crippen LogP contribution in [-0.2, 0) is 13.2 Å². The standard InChI is InChI=1S/C21H29ClN2O2.2ClH/c1-4-25-20-14-18(15-23-11-8-12-24(2)3)13-19(22)21(20)26-16-17-9-6-5-7-10-17;;/h5-7,9-10,13-14,23H,4,8,11-12,15-16H2,1-3H3;2*1H.